The lowest BCUT2D eigenvalue weighted by Crippen LogP contribution is -2.43. The third kappa shape index (κ3) is 5.73. The minimum Gasteiger partial charge on any atom is -0.370 e. The first-order valence-corrected chi connectivity index (χ1v) is 9.51. The maximum absolute atomic E-state index is 6.20. The van der Waals surface area contributed by atoms with Crippen molar-refractivity contribution in [3.05, 3.63) is 34.9 Å². The zero-order valence-corrected chi connectivity index (χ0v) is 18.0. The molecule has 3 rings (SSSR count). The second-order valence-electron chi connectivity index (χ2n) is 7.29. The van der Waals surface area contributed by atoms with Crippen LogP contribution in [0.2, 0.25) is 5.02 Å². The summed E-state index contributed by atoms with van der Waals surface area (Å²) in [6.07, 6.45) is 6.38. The number of guanidine groups is 1. The van der Waals surface area contributed by atoms with Gasteiger partial charge < -0.3 is 11.1 Å². The second-order valence-corrected chi connectivity index (χ2v) is 7.72. The molecule has 25 heavy (non-hydrogen) atoms. The fraction of sp³-hybridized carbons (Fsp3) is 0.632. The van der Waals surface area contributed by atoms with Crippen LogP contribution in [0, 0.1) is 11.8 Å². The number of likely N-dealkylation sites (tertiary alicyclic amines) is 1. The lowest BCUT2D eigenvalue weighted by molar-refractivity contribution is 0.122. The number of hydrogen-bond donors (Lipinski definition) is 2. The standard InChI is InChI=1S/C19H29ClN4.HI/c1-24-10-4-8-16(18(24)15-7-3-9-17(20)11-15)13-23-19(21)22-12-14-5-2-6-14;/h3,7,9,11,14,16,18H,2,4-6,8,10,12-13H2,1H3,(H3,21,22,23);1H. The van der Waals surface area contributed by atoms with Gasteiger partial charge in [0.2, 0.25) is 0 Å². The first kappa shape index (κ1) is 20.8. The van der Waals surface area contributed by atoms with Crippen LogP contribution in [0.5, 0.6) is 0 Å². The number of nitrogens with zero attached hydrogens (tertiary/aromatic N) is 2. The van der Waals surface area contributed by atoms with Gasteiger partial charge in [0.25, 0.3) is 0 Å². The van der Waals surface area contributed by atoms with Crippen LogP contribution in [0.1, 0.15) is 43.7 Å². The maximum Gasteiger partial charge on any atom is 0.188 e. The largest absolute Gasteiger partial charge is 0.370 e. The molecule has 0 amide bonds. The van der Waals surface area contributed by atoms with Crippen LogP contribution >= 0.6 is 35.6 Å². The van der Waals surface area contributed by atoms with Gasteiger partial charge in [-0.05, 0) is 68.8 Å². The van der Waals surface area contributed by atoms with Crippen molar-refractivity contribution in [1.29, 1.82) is 0 Å². The zero-order chi connectivity index (χ0) is 16.9. The van der Waals surface area contributed by atoms with Gasteiger partial charge >= 0.3 is 0 Å². The predicted molar refractivity (Wildman–Crippen MR) is 117 cm³/mol. The second kappa shape index (κ2) is 9.97. The van der Waals surface area contributed by atoms with Gasteiger partial charge in [0, 0.05) is 24.2 Å². The minimum absolute atomic E-state index is 0. The van der Waals surface area contributed by atoms with E-state index in [1.165, 1.54) is 37.7 Å². The molecule has 3 N–H and O–H groups in total. The lowest BCUT2D eigenvalue weighted by atomic mass is 9.85. The summed E-state index contributed by atoms with van der Waals surface area (Å²) in [6.45, 7) is 2.86. The molecule has 2 unspecified atom stereocenters. The van der Waals surface area contributed by atoms with Crippen LogP contribution in [0.4, 0.5) is 0 Å². The topological polar surface area (TPSA) is 53.6 Å². The van der Waals surface area contributed by atoms with Gasteiger partial charge in [-0.3, -0.25) is 9.89 Å². The number of piperidine rings is 1. The van der Waals surface area contributed by atoms with E-state index in [-0.39, 0.29) is 24.0 Å². The molecule has 2 atom stereocenters. The molecule has 4 nitrogen and oxygen atoms in total. The zero-order valence-electron chi connectivity index (χ0n) is 15.0. The van der Waals surface area contributed by atoms with Crippen molar-refractivity contribution in [3.63, 3.8) is 0 Å². The maximum atomic E-state index is 6.20. The molecular formula is C19H30ClIN4. The summed E-state index contributed by atoms with van der Waals surface area (Å²) < 4.78 is 0. The molecule has 2 aliphatic rings. The fourth-order valence-electron chi connectivity index (χ4n) is 3.89. The van der Waals surface area contributed by atoms with E-state index < -0.39 is 0 Å². The average molecular weight is 477 g/mol. The Labute approximate surface area is 173 Å². The molecule has 2 fully saturated rings. The molecule has 6 heteroatoms. The molecule has 1 aromatic carbocycles. The quantitative estimate of drug-likeness (QED) is 0.383. The Morgan fingerprint density at radius 2 is 2.12 bits per heavy atom. The van der Waals surface area contributed by atoms with Crippen molar-refractivity contribution in [2.75, 3.05) is 26.7 Å². The Morgan fingerprint density at radius 3 is 2.80 bits per heavy atom. The first-order chi connectivity index (χ1) is 11.6. The molecule has 140 valence electrons. The predicted octanol–water partition coefficient (Wildman–Crippen LogP) is 4.05. The van der Waals surface area contributed by atoms with Gasteiger partial charge in [0.1, 0.15) is 0 Å². The van der Waals surface area contributed by atoms with Crippen LogP contribution in [0.15, 0.2) is 29.3 Å². The molecule has 1 saturated carbocycles. The number of rotatable bonds is 5. The normalized spacial score (nSPS) is 25.1. The summed E-state index contributed by atoms with van der Waals surface area (Å²) in [5.41, 5.74) is 7.36. The molecule has 0 spiro atoms. The van der Waals surface area contributed by atoms with E-state index in [9.17, 15) is 0 Å². The Morgan fingerprint density at radius 1 is 1.32 bits per heavy atom. The lowest BCUT2D eigenvalue weighted by Gasteiger charge is -2.39. The van der Waals surface area contributed by atoms with E-state index in [4.69, 9.17) is 17.3 Å². The number of benzene rings is 1. The Bertz CT molecular complexity index is 576. The van der Waals surface area contributed by atoms with E-state index in [0.717, 1.165) is 30.6 Å². The fourth-order valence-corrected chi connectivity index (χ4v) is 4.08. The summed E-state index contributed by atoms with van der Waals surface area (Å²) in [6, 6.07) is 8.63. The highest BCUT2D eigenvalue weighted by molar-refractivity contribution is 14.0. The summed E-state index contributed by atoms with van der Waals surface area (Å²) in [5.74, 6) is 1.87. The van der Waals surface area contributed by atoms with Crippen molar-refractivity contribution in [2.45, 2.75) is 38.1 Å². The molecule has 1 aliphatic carbocycles. The van der Waals surface area contributed by atoms with Gasteiger partial charge in [0.15, 0.2) is 5.96 Å². The van der Waals surface area contributed by atoms with Crippen LogP contribution in [-0.4, -0.2) is 37.5 Å². The Balaban J connectivity index is 0.00000225. The summed E-state index contributed by atoms with van der Waals surface area (Å²) in [5, 5.41) is 4.16. The third-order valence-corrected chi connectivity index (χ3v) is 5.72. The number of nitrogens with two attached hydrogens (primary N) is 1. The van der Waals surface area contributed by atoms with Crippen molar-refractivity contribution >= 4 is 41.5 Å². The van der Waals surface area contributed by atoms with E-state index in [1.54, 1.807) is 0 Å². The summed E-state index contributed by atoms with van der Waals surface area (Å²) >= 11 is 6.20. The van der Waals surface area contributed by atoms with Gasteiger partial charge in [-0.1, -0.05) is 30.2 Å². The molecule has 0 bridgehead atoms. The van der Waals surface area contributed by atoms with Crippen LogP contribution in [0.25, 0.3) is 0 Å². The highest BCUT2D eigenvalue weighted by Crippen LogP contribution is 2.35. The van der Waals surface area contributed by atoms with Gasteiger partial charge in [-0.25, -0.2) is 0 Å². The summed E-state index contributed by atoms with van der Waals surface area (Å²) in [4.78, 5) is 6.94. The number of aliphatic imine (C=N–C) groups is 1. The van der Waals surface area contributed by atoms with Gasteiger partial charge in [0.05, 0.1) is 0 Å². The van der Waals surface area contributed by atoms with E-state index in [2.05, 4.69) is 34.4 Å². The SMILES string of the molecule is CN1CCCC(CNC(N)=NCC2CCC2)C1c1cccc(Cl)c1.I. The van der Waals surface area contributed by atoms with Crippen molar-refractivity contribution in [2.24, 2.45) is 22.6 Å². The molecule has 1 aliphatic heterocycles. The smallest absolute Gasteiger partial charge is 0.188 e. The highest BCUT2D eigenvalue weighted by Gasteiger charge is 2.30. The molecule has 0 aromatic heterocycles. The van der Waals surface area contributed by atoms with E-state index in [0.29, 0.717) is 17.9 Å². The summed E-state index contributed by atoms with van der Waals surface area (Å²) in [7, 11) is 2.20. The molecule has 0 radical (unpaired) electrons. The molecule has 1 aromatic rings. The molecule has 1 saturated heterocycles. The van der Waals surface area contributed by atoms with E-state index in [1.807, 2.05) is 12.1 Å². The van der Waals surface area contributed by atoms with Crippen LogP contribution in [-0.2, 0) is 0 Å². The minimum atomic E-state index is 0. The average Bonchev–Trinajstić information content (AvgIpc) is 2.51. The highest BCUT2D eigenvalue weighted by atomic mass is 127. The number of hydrogen-bond acceptors (Lipinski definition) is 2. The number of halogens is 2. The first-order valence-electron chi connectivity index (χ1n) is 9.13. The van der Waals surface area contributed by atoms with Crippen molar-refractivity contribution < 1.29 is 0 Å². The van der Waals surface area contributed by atoms with Crippen molar-refractivity contribution in [3.8, 4) is 0 Å². The Hall–Kier alpha value is -0.530. The molecular weight excluding hydrogens is 447 g/mol. The van der Waals surface area contributed by atoms with Gasteiger partial charge in [-0.2, -0.15) is 0 Å². The van der Waals surface area contributed by atoms with Crippen LogP contribution < -0.4 is 11.1 Å². The molecule has 1 heterocycles. The third-order valence-electron chi connectivity index (χ3n) is 5.49. The van der Waals surface area contributed by atoms with E-state index >= 15 is 0 Å². The number of nitrogens with one attached hydrogen (secondary N) is 1. The monoisotopic (exact) mass is 476 g/mol. The van der Waals surface area contributed by atoms with Gasteiger partial charge in [-0.15, -0.1) is 24.0 Å². The Kier molecular flexibility index (Phi) is 8.29. The van der Waals surface area contributed by atoms with Crippen molar-refractivity contribution in [1.82, 2.24) is 10.2 Å². The van der Waals surface area contributed by atoms with Crippen LogP contribution in [0.3, 0.4) is 0 Å².